The Kier molecular flexibility index (Phi) is 8.98. The molecule has 0 N–H and O–H groups in total. The zero-order valence-corrected chi connectivity index (χ0v) is 13.4. The van der Waals surface area contributed by atoms with E-state index in [1.165, 1.54) is 64.2 Å². The molecule has 0 saturated heterocycles. The number of hydrogen-bond acceptors (Lipinski definition) is 1. The molecule has 1 aromatic heterocycles. The largest absolute Gasteiger partial charge is 0.321 e. The number of nitrogens with zero attached hydrogens (tertiary/aromatic N) is 2. The summed E-state index contributed by atoms with van der Waals surface area (Å²) in [6.45, 7) is 5.24. The fourth-order valence-electron chi connectivity index (χ4n) is 2.39. The highest BCUT2D eigenvalue weighted by molar-refractivity contribution is 6.30. The van der Waals surface area contributed by atoms with Gasteiger partial charge in [-0.25, -0.2) is 4.98 Å². The van der Waals surface area contributed by atoms with E-state index in [4.69, 9.17) is 11.6 Å². The van der Waals surface area contributed by atoms with Crippen molar-refractivity contribution in [1.82, 2.24) is 9.55 Å². The molecule has 1 heterocycles. The van der Waals surface area contributed by atoms with E-state index < -0.39 is 0 Å². The molecule has 0 amide bonds. The van der Waals surface area contributed by atoms with Crippen LogP contribution in [0.2, 0.25) is 5.15 Å². The molecule has 0 atom stereocenters. The third-order valence-electron chi connectivity index (χ3n) is 3.69. The first-order valence-corrected chi connectivity index (χ1v) is 8.30. The molecule has 0 unspecified atom stereocenters. The molecule has 0 bridgehead atoms. The second kappa shape index (κ2) is 10.3. The molecule has 110 valence electrons. The Morgan fingerprint density at radius 1 is 0.947 bits per heavy atom. The highest BCUT2D eigenvalue weighted by atomic mass is 35.5. The molecule has 2 nitrogen and oxygen atoms in total. The molecule has 1 aromatic rings. The van der Waals surface area contributed by atoms with E-state index in [2.05, 4.69) is 16.5 Å². The van der Waals surface area contributed by atoms with Crippen molar-refractivity contribution in [2.45, 2.75) is 84.6 Å². The number of aryl methyl sites for hydroxylation is 2. The minimum atomic E-state index is 0.802. The van der Waals surface area contributed by atoms with Crippen molar-refractivity contribution in [2.24, 2.45) is 0 Å². The van der Waals surface area contributed by atoms with Crippen LogP contribution in [-0.4, -0.2) is 9.55 Å². The second-order valence-corrected chi connectivity index (χ2v) is 5.85. The van der Waals surface area contributed by atoms with Crippen LogP contribution in [0.1, 0.15) is 76.8 Å². The van der Waals surface area contributed by atoms with E-state index >= 15 is 0 Å². The molecule has 0 aromatic carbocycles. The predicted molar refractivity (Wildman–Crippen MR) is 83.8 cm³/mol. The van der Waals surface area contributed by atoms with Gasteiger partial charge in [-0.1, -0.05) is 76.3 Å². The molecule has 0 aliphatic carbocycles. The van der Waals surface area contributed by atoms with Crippen molar-refractivity contribution >= 4 is 11.6 Å². The highest BCUT2D eigenvalue weighted by Crippen LogP contribution is 2.15. The van der Waals surface area contributed by atoms with E-state index in [0.717, 1.165) is 17.4 Å². The van der Waals surface area contributed by atoms with Crippen molar-refractivity contribution in [3.63, 3.8) is 0 Å². The van der Waals surface area contributed by atoms with Gasteiger partial charge >= 0.3 is 0 Å². The maximum atomic E-state index is 6.13. The second-order valence-electron chi connectivity index (χ2n) is 5.50. The minimum Gasteiger partial charge on any atom is -0.321 e. The van der Waals surface area contributed by atoms with Crippen molar-refractivity contribution in [3.05, 3.63) is 17.2 Å². The number of unbranched alkanes of at least 4 members (excludes halogenated alkanes) is 9. The summed E-state index contributed by atoms with van der Waals surface area (Å²) in [4.78, 5) is 4.21. The molecular weight excluding hydrogens is 256 g/mol. The van der Waals surface area contributed by atoms with Crippen LogP contribution in [0, 0.1) is 6.92 Å². The number of hydrogen-bond donors (Lipinski definition) is 0. The summed E-state index contributed by atoms with van der Waals surface area (Å²) >= 11 is 6.13. The maximum Gasteiger partial charge on any atom is 0.131 e. The predicted octanol–water partition coefficient (Wildman–Crippen LogP) is 5.77. The Bertz CT molecular complexity index is 333. The Hall–Kier alpha value is -0.500. The van der Waals surface area contributed by atoms with Gasteiger partial charge in [0, 0.05) is 6.54 Å². The Morgan fingerprint density at radius 2 is 1.47 bits per heavy atom. The van der Waals surface area contributed by atoms with Crippen LogP contribution in [0.5, 0.6) is 0 Å². The molecular formula is C16H29ClN2. The summed E-state index contributed by atoms with van der Waals surface area (Å²) < 4.78 is 2.06. The lowest BCUT2D eigenvalue weighted by molar-refractivity contribution is 0.535. The van der Waals surface area contributed by atoms with Crippen LogP contribution in [0.4, 0.5) is 0 Å². The van der Waals surface area contributed by atoms with Gasteiger partial charge in [0.05, 0.1) is 12.0 Å². The zero-order chi connectivity index (χ0) is 13.9. The number of imidazole rings is 1. The third-order valence-corrected chi connectivity index (χ3v) is 4.18. The van der Waals surface area contributed by atoms with Gasteiger partial charge in [-0.3, -0.25) is 0 Å². The fraction of sp³-hybridized carbons (Fsp3) is 0.812. The zero-order valence-electron chi connectivity index (χ0n) is 12.6. The van der Waals surface area contributed by atoms with Crippen LogP contribution in [-0.2, 0) is 6.54 Å². The van der Waals surface area contributed by atoms with Gasteiger partial charge in [0.2, 0.25) is 0 Å². The first-order chi connectivity index (χ1) is 9.25. The van der Waals surface area contributed by atoms with E-state index in [1.54, 1.807) is 0 Å². The molecule has 0 fully saturated rings. The van der Waals surface area contributed by atoms with Crippen molar-refractivity contribution in [3.8, 4) is 0 Å². The van der Waals surface area contributed by atoms with Crippen molar-refractivity contribution in [2.75, 3.05) is 0 Å². The van der Waals surface area contributed by atoms with Gasteiger partial charge in [0.1, 0.15) is 5.15 Å². The van der Waals surface area contributed by atoms with Gasteiger partial charge in [-0.2, -0.15) is 0 Å². The molecule has 3 heteroatoms. The Labute approximate surface area is 123 Å². The van der Waals surface area contributed by atoms with E-state index in [0.29, 0.717) is 0 Å². The summed E-state index contributed by atoms with van der Waals surface area (Å²) in [6.07, 6.45) is 15.6. The van der Waals surface area contributed by atoms with Gasteiger partial charge in [-0.15, -0.1) is 0 Å². The van der Waals surface area contributed by atoms with Crippen LogP contribution in [0.25, 0.3) is 0 Å². The fourth-order valence-corrected chi connectivity index (χ4v) is 2.57. The van der Waals surface area contributed by atoms with Crippen molar-refractivity contribution in [1.29, 1.82) is 0 Å². The maximum absolute atomic E-state index is 6.13. The number of aromatic nitrogens is 2. The lowest BCUT2D eigenvalue weighted by Gasteiger charge is -2.04. The standard InChI is InChI=1S/C16H29ClN2/c1-3-4-5-6-7-8-9-10-11-12-13-19-14-18-15(2)16(19)17/h14H,3-13H2,1-2H3. The van der Waals surface area contributed by atoms with Gasteiger partial charge < -0.3 is 4.57 Å². The normalized spacial score (nSPS) is 11.1. The lowest BCUT2D eigenvalue weighted by atomic mass is 10.1. The molecule has 0 aliphatic rings. The van der Waals surface area contributed by atoms with Gasteiger partial charge in [0.15, 0.2) is 0 Å². The quantitative estimate of drug-likeness (QED) is 0.472. The average Bonchev–Trinajstić information content (AvgIpc) is 2.73. The van der Waals surface area contributed by atoms with E-state index in [1.807, 2.05) is 13.3 Å². The first kappa shape index (κ1) is 16.6. The van der Waals surface area contributed by atoms with Crippen LogP contribution >= 0.6 is 11.6 Å². The Balaban J connectivity index is 1.90. The SMILES string of the molecule is CCCCCCCCCCCCn1cnc(C)c1Cl. The summed E-state index contributed by atoms with van der Waals surface area (Å²) in [5.41, 5.74) is 0.939. The summed E-state index contributed by atoms with van der Waals surface area (Å²) in [6, 6.07) is 0. The molecule has 1 rings (SSSR count). The Morgan fingerprint density at radius 3 is 1.95 bits per heavy atom. The van der Waals surface area contributed by atoms with Crippen molar-refractivity contribution < 1.29 is 0 Å². The summed E-state index contributed by atoms with van der Waals surface area (Å²) in [7, 11) is 0. The van der Waals surface area contributed by atoms with Gasteiger partial charge in [-0.05, 0) is 13.3 Å². The van der Waals surface area contributed by atoms with Crippen LogP contribution in [0.3, 0.4) is 0 Å². The molecule has 19 heavy (non-hydrogen) atoms. The monoisotopic (exact) mass is 284 g/mol. The smallest absolute Gasteiger partial charge is 0.131 e. The summed E-state index contributed by atoms with van der Waals surface area (Å²) in [5, 5.41) is 0.802. The lowest BCUT2D eigenvalue weighted by Crippen LogP contribution is -1.96. The molecule has 0 aliphatic heterocycles. The number of halogens is 1. The van der Waals surface area contributed by atoms with Gasteiger partial charge in [0.25, 0.3) is 0 Å². The molecule has 0 radical (unpaired) electrons. The minimum absolute atomic E-state index is 0.802. The van der Waals surface area contributed by atoms with Crippen LogP contribution < -0.4 is 0 Å². The molecule has 0 saturated carbocycles. The summed E-state index contributed by atoms with van der Waals surface area (Å²) in [5.74, 6) is 0. The first-order valence-electron chi connectivity index (χ1n) is 7.93. The van der Waals surface area contributed by atoms with Crippen LogP contribution in [0.15, 0.2) is 6.33 Å². The van der Waals surface area contributed by atoms with E-state index in [9.17, 15) is 0 Å². The molecule has 0 spiro atoms. The topological polar surface area (TPSA) is 17.8 Å². The average molecular weight is 285 g/mol. The highest BCUT2D eigenvalue weighted by Gasteiger charge is 2.02. The third kappa shape index (κ3) is 7.00. The number of rotatable bonds is 11. The van der Waals surface area contributed by atoms with E-state index in [-0.39, 0.29) is 0 Å².